The number of nitrogens with zero attached hydrogens (tertiary/aromatic N) is 1. The summed E-state index contributed by atoms with van der Waals surface area (Å²) >= 11 is 0. The number of rotatable bonds is 5. The molecule has 0 radical (unpaired) electrons. The Bertz CT molecular complexity index is 424. The molecule has 2 fully saturated rings. The van der Waals surface area contributed by atoms with Crippen LogP contribution >= 0.6 is 0 Å². The van der Waals surface area contributed by atoms with Gasteiger partial charge in [-0.25, -0.2) is 0 Å². The van der Waals surface area contributed by atoms with Gasteiger partial charge in [-0.05, 0) is 12.3 Å². The number of hydrogen-bond donors (Lipinski definition) is 0. The second kappa shape index (κ2) is 6.35. The van der Waals surface area contributed by atoms with E-state index >= 15 is 0 Å². The van der Waals surface area contributed by atoms with E-state index in [4.69, 9.17) is 20.6 Å². The molecular weight excluding hydrogens is 270 g/mol. The highest BCUT2D eigenvalue weighted by molar-refractivity contribution is 5.77. The first-order valence-corrected chi connectivity index (χ1v) is 7.46. The molecule has 0 bridgehead atoms. The van der Waals surface area contributed by atoms with Crippen molar-refractivity contribution >= 4 is 5.91 Å². The Morgan fingerprint density at radius 3 is 2.67 bits per heavy atom. The van der Waals surface area contributed by atoms with Crippen molar-refractivity contribution in [1.82, 2.24) is 4.90 Å². The molecule has 0 aromatic carbocycles. The average molecular weight is 295 g/mol. The van der Waals surface area contributed by atoms with Crippen LogP contribution in [0, 0.1) is 24.2 Å². The molecule has 2 aliphatic rings. The van der Waals surface area contributed by atoms with Crippen molar-refractivity contribution in [1.29, 1.82) is 0 Å². The van der Waals surface area contributed by atoms with Crippen molar-refractivity contribution in [3.05, 3.63) is 0 Å². The van der Waals surface area contributed by atoms with E-state index in [1.807, 2.05) is 0 Å². The van der Waals surface area contributed by atoms with Crippen molar-refractivity contribution in [2.45, 2.75) is 44.6 Å². The Morgan fingerprint density at radius 1 is 1.48 bits per heavy atom. The van der Waals surface area contributed by atoms with Crippen LogP contribution in [0.4, 0.5) is 0 Å². The molecule has 0 aliphatic carbocycles. The summed E-state index contributed by atoms with van der Waals surface area (Å²) in [6.45, 7) is 5.02. The summed E-state index contributed by atoms with van der Waals surface area (Å²) in [5.41, 5.74) is 0. The molecule has 2 saturated heterocycles. The minimum absolute atomic E-state index is 0.0976. The average Bonchev–Trinajstić information content (AvgIpc) is 3.03. The van der Waals surface area contributed by atoms with E-state index in [1.165, 1.54) is 0 Å². The summed E-state index contributed by atoms with van der Waals surface area (Å²) in [5.74, 6) is 2.31. The van der Waals surface area contributed by atoms with Crippen LogP contribution in [0.1, 0.15) is 26.7 Å². The van der Waals surface area contributed by atoms with Gasteiger partial charge in [-0.2, -0.15) is 0 Å². The summed E-state index contributed by atoms with van der Waals surface area (Å²) in [6, 6.07) is -0.270. The SMILES string of the molecule is C#C[C@@H]1CN(C(=O)CCC(C)C)[C@H]2[C@@H]1OCC2(OC)OC. The number of hydrogen-bond acceptors (Lipinski definition) is 4. The number of carbonyl (C=O) groups excluding carboxylic acids is 1. The molecule has 0 aromatic rings. The maximum atomic E-state index is 12.6. The van der Waals surface area contributed by atoms with E-state index in [0.717, 1.165) is 6.42 Å². The van der Waals surface area contributed by atoms with Crippen LogP contribution in [0.15, 0.2) is 0 Å². The Morgan fingerprint density at radius 2 is 2.14 bits per heavy atom. The van der Waals surface area contributed by atoms with Crippen LogP contribution in [-0.4, -0.2) is 56.1 Å². The van der Waals surface area contributed by atoms with Crippen molar-refractivity contribution in [2.75, 3.05) is 27.4 Å². The molecule has 3 atom stereocenters. The van der Waals surface area contributed by atoms with E-state index in [1.54, 1.807) is 19.1 Å². The lowest BCUT2D eigenvalue weighted by atomic mass is 9.99. The molecule has 0 spiro atoms. The fraction of sp³-hybridized carbons (Fsp3) is 0.812. The van der Waals surface area contributed by atoms with Gasteiger partial charge in [0.1, 0.15) is 12.6 Å². The number of likely N-dealkylation sites (tertiary alicyclic amines) is 1. The summed E-state index contributed by atoms with van der Waals surface area (Å²) in [4.78, 5) is 14.4. The molecule has 21 heavy (non-hydrogen) atoms. The lowest BCUT2D eigenvalue weighted by molar-refractivity contribution is -0.227. The molecule has 5 nitrogen and oxygen atoms in total. The normalized spacial score (nSPS) is 30.5. The number of ether oxygens (including phenoxy) is 3. The maximum Gasteiger partial charge on any atom is 0.223 e. The molecule has 2 aliphatic heterocycles. The van der Waals surface area contributed by atoms with E-state index < -0.39 is 5.79 Å². The van der Waals surface area contributed by atoms with Crippen molar-refractivity contribution in [2.24, 2.45) is 11.8 Å². The lowest BCUT2D eigenvalue weighted by Crippen LogP contribution is -2.55. The minimum atomic E-state index is -0.913. The lowest BCUT2D eigenvalue weighted by Gasteiger charge is -2.35. The molecule has 1 amide bonds. The summed E-state index contributed by atoms with van der Waals surface area (Å²) < 4.78 is 16.9. The molecule has 0 unspecified atom stereocenters. The quantitative estimate of drug-likeness (QED) is 0.566. The molecule has 0 saturated carbocycles. The first-order chi connectivity index (χ1) is 9.99. The predicted molar refractivity (Wildman–Crippen MR) is 78.4 cm³/mol. The largest absolute Gasteiger partial charge is 0.369 e. The van der Waals surface area contributed by atoms with Gasteiger partial charge >= 0.3 is 0 Å². The molecule has 0 aromatic heterocycles. The molecular formula is C16H25NO4. The van der Waals surface area contributed by atoms with Gasteiger partial charge in [-0.1, -0.05) is 19.8 Å². The maximum absolute atomic E-state index is 12.6. The van der Waals surface area contributed by atoms with Crippen LogP contribution in [0.25, 0.3) is 0 Å². The van der Waals surface area contributed by atoms with Crippen LogP contribution in [0.2, 0.25) is 0 Å². The predicted octanol–water partition coefficient (Wildman–Crippen LogP) is 1.27. The van der Waals surface area contributed by atoms with Gasteiger partial charge in [0, 0.05) is 27.2 Å². The fourth-order valence-electron chi connectivity index (χ4n) is 3.22. The first kappa shape index (κ1) is 16.3. The molecule has 118 valence electrons. The Balaban J connectivity index is 2.20. The zero-order chi connectivity index (χ0) is 15.6. The van der Waals surface area contributed by atoms with Gasteiger partial charge in [0.15, 0.2) is 0 Å². The monoisotopic (exact) mass is 295 g/mol. The third-order valence-electron chi connectivity index (χ3n) is 4.53. The first-order valence-electron chi connectivity index (χ1n) is 7.46. The highest BCUT2D eigenvalue weighted by Crippen LogP contribution is 2.41. The van der Waals surface area contributed by atoms with Crippen molar-refractivity contribution in [3.63, 3.8) is 0 Å². The summed E-state index contributed by atoms with van der Waals surface area (Å²) in [7, 11) is 3.16. The number of fused-ring (bicyclic) bond motifs is 1. The second-order valence-electron chi connectivity index (χ2n) is 6.19. The smallest absolute Gasteiger partial charge is 0.223 e. The van der Waals surface area contributed by atoms with E-state index in [2.05, 4.69) is 19.8 Å². The zero-order valence-corrected chi connectivity index (χ0v) is 13.3. The van der Waals surface area contributed by atoms with Crippen molar-refractivity contribution in [3.8, 4) is 12.3 Å². The van der Waals surface area contributed by atoms with Gasteiger partial charge < -0.3 is 19.1 Å². The zero-order valence-electron chi connectivity index (χ0n) is 13.3. The number of methoxy groups -OCH3 is 2. The number of amides is 1. The van der Waals surface area contributed by atoms with Gasteiger partial charge in [-0.3, -0.25) is 4.79 Å². The highest BCUT2D eigenvalue weighted by Gasteiger charge is 2.60. The van der Waals surface area contributed by atoms with Crippen LogP contribution in [0.3, 0.4) is 0 Å². The Kier molecular flexibility index (Phi) is 4.92. The van der Waals surface area contributed by atoms with E-state index in [-0.39, 0.29) is 24.0 Å². The van der Waals surface area contributed by atoms with Gasteiger partial charge in [0.2, 0.25) is 11.7 Å². The molecule has 2 heterocycles. The number of carbonyl (C=O) groups is 1. The van der Waals surface area contributed by atoms with Crippen LogP contribution in [-0.2, 0) is 19.0 Å². The molecule has 2 rings (SSSR count). The van der Waals surface area contributed by atoms with Gasteiger partial charge in [-0.15, -0.1) is 6.42 Å². The minimum Gasteiger partial charge on any atom is -0.369 e. The second-order valence-corrected chi connectivity index (χ2v) is 6.19. The van der Waals surface area contributed by atoms with Crippen molar-refractivity contribution < 1.29 is 19.0 Å². The highest BCUT2D eigenvalue weighted by atomic mass is 16.7. The van der Waals surface area contributed by atoms with Gasteiger partial charge in [0.25, 0.3) is 0 Å². The summed E-state index contributed by atoms with van der Waals surface area (Å²) in [6.07, 6.45) is 6.76. The third-order valence-corrected chi connectivity index (χ3v) is 4.53. The fourth-order valence-corrected chi connectivity index (χ4v) is 3.22. The molecule has 5 heteroatoms. The summed E-state index contributed by atoms with van der Waals surface area (Å²) in [5, 5.41) is 0. The van der Waals surface area contributed by atoms with Crippen LogP contribution in [0.5, 0.6) is 0 Å². The third kappa shape index (κ3) is 2.80. The van der Waals surface area contributed by atoms with E-state index in [0.29, 0.717) is 25.5 Å². The van der Waals surface area contributed by atoms with Gasteiger partial charge in [0.05, 0.1) is 12.0 Å². The van der Waals surface area contributed by atoms with Crippen LogP contribution < -0.4 is 0 Å². The Labute approximate surface area is 126 Å². The Hall–Kier alpha value is -1.09. The topological polar surface area (TPSA) is 48.0 Å². The van der Waals surface area contributed by atoms with E-state index in [9.17, 15) is 4.79 Å². The standard InChI is InChI=1S/C16H25NO4/c1-6-12-9-17(13(18)8-7-11(2)3)15-14(12)21-10-16(15,19-4)20-5/h1,11-12,14-15H,7-10H2,2-5H3/t12-,14-,15+/m1/s1. The molecule has 0 N–H and O–H groups in total. The number of terminal acetylenes is 1.